The van der Waals surface area contributed by atoms with Gasteiger partial charge >= 0.3 is 12.4 Å². The van der Waals surface area contributed by atoms with E-state index in [9.17, 15) is 26.3 Å². The molecule has 0 amide bonds. The smallest absolute Gasteiger partial charge is 0.416 e. The van der Waals surface area contributed by atoms with Gasteiger partial charge in [-0.25, -0.2) is 0 Å². The van der Waals surface area contributed by atoms with Gasteiger partial charge in [0.15, 0.2) is 0 Å². The van der Waals surface area contributed by atoms with Gasteiger partial charge in [0.1, 0.15) is 15.7 Å². The number of nitrogens with one attached hydrogen (secondary N) is 2. The summed E-state index contributed by atoms with van der Waals surface area (Å²) in [5.74, 6) is 0.513. The fourth-order valence-electron chi connectivity index (χ4n) is 2.10. The van der Waals surface area contributed by atoms with Gasteiger partial charge in [0.05, 0.1) is 18.2 Å². The number of ether oxygens (including phenoxy) is 1. The molecule has 0 atom stereocenters. The second kappa shape index (κ2) is 8.31. The van der Waals surface area contributed by atoms with Gasteiger partial charge in [-0.3, -0.25) is 0 Å². The molecule has 2 N–H and O–H groups in total. The molecular formula is C17H12F6N2OS2. The zero-order valence-electron chi connectivity index (χ0n) is 14.0. The molecule has 2 aromatic carbocycles. The Morgan fingerprint density at radius 3 is 1.75 bits per heavy atom. The van der Waals surface area contributed by atoms with Crippen LogP contribution in [0, 0.1) is 0 Å². The summed E-state index contributed by atoms with van der Waals surface area (Å²) in [6.07, 6.45) is -9.92. The Hall–Kier alpha value is -2.40. The average molecular weight is 438 g/mol. The second-order valence-corrected chi connectivity index (χ2v) is 6.25. The lowest BCUT2D eigenvalue weighted by atomic mass is 10.1. The van der Waals surface area contributed by atoms with Crippen LogP contribution in [0.2, 0.25) is 0 Å². The van der Waals surface area contributed by atoms with E-state index in [0.717, 1.165) is 0 Å². The first-order valence-electron chi connectivity index (χ1n) is 7.46. The topological polar surface area (TPSA) is 33.3 Å². The highest BCUT2D eigenvalue weighted by molar-refractivity contribution is 7.89. The molecule has 0 spiro atoms. The predicted octanol–water partition coefficient (Wildman–Crippen LogP) is 5.91. The van der Waals surface area contributed by atoms with E-state index in [2.05, 4.69) is 10.6 Å². The number of anilines is 2. The van der Waals surface area contributed by atoms with E-state index >= 15 is 0 Å². The molecule has 0 saturated heterocycles. The number of rotatable bonds is 3. The zero-order valence-corrected chi connectivity index (χ0v) is 15.7. The number of methoxy groups -OCH3 is 1. The Labute approximate surface area is 166 Å². The summed E-state index contributed by atoms with van der Waals surface area (Å²) in [4.78, 5) is -0.334. The number of alkyl halides is 6. The molecule has 28 heavy (non-hydrogen) atoms. The van der Waals surface area contributed by atoms with Crippen LogP contribution in [0.4, 0.5) is 37.7 Å². The quantitative estimate of drug-likeness (QED) is 0.460. The molecule has 0 fully saturated rings. The van der Waals surface area contributed by atoms with E-state index in [1.807, 2.05) is 0 Å². The fourth-order valence-corrected chi connectivity index (χ4v) is 2.44. The standard InChI is InChI=1S/C17H12F6N2OS2/c1-26-13-4-2-3-11(8-13)24-14(27)15(28)25-12-6-9(16(18,19)20)5-10(7-12)17(21,22)23/h2-8H,1H3,(H,24,27)(H,25,28). The van der Waals surface area contributed by atoms with Crippen molar-refractivity contribution in [3.63, 3.8) is 0 Å². The molecule has 0 bridgehead atoms. The highest BCUT2D eigenvalue weighted by Gasteiger charge is 2.37. The lowest BCUT2D eigenvalue weighted by Gasteiger charge is -2.16. The van der Waals surface area contributed by atoms with Crippen LogP contribution in [0.25, 0.3) is 0 Å². The third-order valence-corrected chi connectivity index (χ3v) is 4.12. The number of hydrogen-bond donors (Lipinski definition) is 2. The van der Waals surface area contributed by atoms with Crippen molar-refractivity contribution in [1.29, 1.82) is 0 Å². The van der Waals surface area contributed by atoms with Crippen LogP contribution in [-0.2, 0) is 12.4 Å². The molecule has 11 heteroatoms. The lowest BCUT2D eigenvalue weighted by Crippen LogP contribution is -2.26. The highest BCUT2D eigenvalue weighted by Crippen LogP contribution is 2.37. The Kier molecular flexibility index (Phi) is 6.50. The van der Waals surface area contributed by atoms with Crippen molar-refractivity contribution in [2.24, 2.45) is 0 Å². The molecule has 2 aromatic rings. The van der Waals surface area contributed by atoms with Crippen LogP contribution in [0.1, 0.15) is 11.1 Å². The predicted molar refractivity (Wildman–Crippen MR) is 102 cm³/mol. The van der Waals surface area contributed by atoms with Crippen molar-refractivity contribution in [2.45, 2.75) is 12.4 Å². The molecule has 0 aromatic heterocycles. The Morgan fingerprint density at radius 2 is 1.29 bits per heavy atom. The second-order valence-electron chi connectivity index (χ2n) is 5.43. The Bertz CT molecular complexity index is 864. The van der Waals surface area contributed by atoms with Gasteiger partial charge in [-0.1, -0.05) is 30.5 Å². The van der Waals surface area contributed by atoms with Gasteiger partial charge in [0.25, 0.3) is 0 Å². The average Bonchev–Trinajstić information content (AvgIpc) is 2.60. The van der Waals surface area contributed by atoms with Crippen LogP contribution >= 0.6 is 24.4 Å². The monoisotopic (exact) mass is 438 g/mol. The molecule has 0 saturated carbocycles. The fraction of sp³-hybridized carbons (Fsp3) is 0.176. The van der Waals surface area contributed by atoms with Crippen LogP contribution in [0.3, 0.4) is 0 Å². The molecule has 2 rings (SSSR count). The molecule has 0 heterocycles. The summed E-state index contributed by atoms with van der Waals surface area (Å²) in [5.41, 5.74) is -2.92. The number of thiocarbonyl (C=S) groups is 2. The SMILES string of the molecule is COc1cccc(NC(=S)C(=S)Nc2cc(C(F)(F)F)cc(C(F)(F)F)c2)c1. The van der Waals surface area contributed by atoms with Crippen molar-refractivity contribution in [3.05, 3.63) is 53.6 Å². The lowest BCUT2D eigenvalue weighted by molar-refractivity contribution is -0.143. The molecule has 150 valence electrons. The first kappa shape index (κ1) is 21.9. The van der Waals surface area contributed by atoms with E-state index in [1.54, 1.807) is 24.3 Å². The van der Waals surface area contributed by atoms with Crippen LogP contribution in [0.5, 0.6) is 5.75 Å². The first-order valence-corrected chi connectivity index (χ1v) is 8.27. The summed E-state index contributed by atoms with van der Waals surface area (Å²) in [6.45, 7) is 0. The minimum Gasteiger partial charge on any atom is -0.497 e. The molecule has 0 aliphatic rings. The maximum atomic E-state index is 12.9. The summed E-state index contributed by atoms with van der Waals surface area (Å²) in [5, 5.41) is 5.04. The van der Waals surface area contributed by atoms with Gasteiger partial charge in [0, 0.05) is 17.4 Å². The number of benzene rings is 2. The normalized spacial score (nSPS) is 11.7. The van der Waals surface area contributed by atoms with Crippen LogP contribution in [-0.4, -0.2) is 17.1 Å². The Morgan fingerprint density at radius 1 is 0.786 bits per heavy atom. The van der Waals surface area contributed by atoms with Gasteiger partial charge in [0.2, 0.25) is 0 Å². The third kappa shape index (κ3) is 5.80. The minimum atomic E-state index is -4.96. The number of hydrogen-bond acceptors (Lipinski definition) is 3. The van der Waals surface area contributed by atoms with Crippen LogP contribution < -0.4 is 15.4 Å². The largest absolute Gasteiger partial charge is 0.497 e. The summed E-state index contributed by atoms with van der Waals surface area (Å²) < 4.78 is 82.5. The van der Waals surface area contributed by atoms with Crippen LogP contribution in [0.15, 0.2) is 42.5 Å². The van der Waals surface area contributed by atoms with E-state index in [-0.39, 0.29) is 16.0 Å². The van der Waals surface area contributed by atoms with Crippen molar-refractivity contribution >= 4 is 45.8 Å². The maximum Gasteiger partial charge on any atom is 0.416 e. The van der Waals surface area contributed by atoms with Gasteiger partial charge in [-0.15, -0.1) is 0 Å². The Balaban J connectivity index is 2.23. The summed E-state index contributed by atoms with van der Waals surface area (Å²) in [7, 11) is 1.45. The summed E-state index contributed by atoms with van der Waals surface area (Å²) >= 11 is 10.0. The van der Waals surface area contributed by atoms with Gasteiger partial charge < -0.3 is 15.4 Å². The third-order valence-electron chi connectivity index (χ3n) is 3.38. The zero-order chi connectivity index (χ0) is 21.1. The molecule has 3 nitrogen and oxygen atoms in total. The van der Waals surface area contributed by atoms with Gasteiger partial charge in [-0.05, 0) is 30.3 Å². The van der Waals surface area contributed by atoms with Crippen molar-refractivity contribution in [2.75, 3.05) is 17.7 Å². The molecule has 0 aliphatic heterocycles. The van der Waals surface area contributed by atoms with E-state index in [1.165, 1.54) is 7.11 Å². The molecule has 0 aliphatic carbocycles. The van der Waals surface area contributed by atoms with Crippen molar-refractivity contribution in [3.8, 4) is 5.75 Å². The first-order chi connectivity index (χ1) is 12.9. The van der Waals surface area contributed by atoms with Crippen molar-refractivity contribution in [1.82, 2.24) is 0 Å². The minimum absolute atomic E-state index is 0.0288. The molecule has 0 unspecified atom stereocenters. The van der Waals surface area contributed by atoms with E-state index < -0.39 is 29.2 Å². The van der Waals surface area contributed by atoms with Gasteiger partial charge in [-0.2, -0.15) is 26.3 Å². The molecular weight excluding hydrogens is 426 g/mol. The molecule has 0 radical (unpaired) electrons. The van der Waals surface area contributed by atoms with E-state index in [4.69, 9.17) is 29.2 Å². The van der Waals surface area contributed by atoms with E-state index in [0.29, 0.717) is 23.6 Å². The summed E-state index contributed by atoms with van der Waals surface area (Å²) in [6, 6.07) is 7.62. The van der Waals surface area contributed by atoms with Crippen molar-refractivity contribution < 1.29 is 31.1 Å². The maximum absolute atomic E-state index is 12.9. The highest BCUT2D eigenvalue weighted by atomic mass is 32.1. The number of halogens is 6.